The average Bonchev–Trinajstić information content (AvgIpc) is 3.58. The number of thioether (sulfide) groups is 1. The molecule has 2 aliphatic rings. The Balaban J connectivity index is 1.39. The lowest BCUT2D eigenvalue weighted by Gasteiger charge is -2.49. The highest BCUT2D eigenvalue weighted by molar-refractivity contribution is 8.00. The van der Waals surface area contributed by atoms with Crippen LogP contribution in [0.5, 0.6) is 0 Å². The first-order chi connectivity index (χ1) is 18.2. The number of thiazole rings is 1. The molecule has 0 spiro atoms. The van der Waals surface area contributed by atoms with Gasteiger partial charge in [-0.2, -0.15) is 13.8 Å². The number of fused-ring (bicyclic) bond motifs is 2. The molecule has 18 heteroatoms. The van der Waals surface area contributed by atoms with Crippen LogP contribution >= 0.6 is 34.6 Å². The Morgan fingerprint density at radius 3 is 2.84 bits per heavy atom. The van der Waals surface area contributed by atoms with Gasteiger partial charge in [0, 0.05) is 28.2 Å². The van der Waals surface area contributed by atoms with Gasteiger partial charge in [0.25, 0.3) is 11.8 Å². The van der Waals surface area contributed by atoms with Crippen molar-refractivity contribution < 1.29 is 33.7 Å². The Morgan fingerprint density at radius 2 is 2.18 bits per heavy atom. The maximum absolute atomic E-state index is 13.1. The molecule has 3 amide bonds. The highest BCUT2D eigenvalue weighted by atomic mass is 32.2. The number of aromatic nitrogens is 4. The lowest BCUT2D eigenvalue weighted by atomic mass is 10.0. The number of nitrogen functional groups attached to an aromatic ring is 1. The molecule has 0 bridgehead atoms. The van der Waals surface area contributed by atoms with Crippen molar-refractivity contribution in [2.75, 3.05) is 18.1 Å². The summed E-state index contributed by atoms with van der Waals surface area (Å²) < 4.78 is 7.16. The molecule has 1 fully saturated rings. The number of imidazole rings is 1. The standard InChI is InChI=1S/C20H19N9O6S3/c1-2-35-25-10(14-24-20(22)38-26-14)15(31)23-11-17(32)29-12(19(33)34)8(7-37-18(11)29)5-27-6-9-28(3-4-36-9)16(27)13(21)30/h3-4,6,11,18H,2,5,7H2,1H3,(H5-,21,22,23,24,26,30,31,33,34)/p+1/b25-10-/t11-,18-/m1/s1. The summed E-state index contributed by atoms with van der Waals surface area (Å²) in [5.74, 6) is -2.98. The monoisotopic (exact) mass is 578 g/mol. The van der Waals surface area contributed by atoms with Crippen LogP contribution < -0.4 is 21.4 Å². The van der Waals surface area contributed by atoms with E-state index in [1.165, 1.54) is 23.1 Å². The molecule has 3 aromatic heterocycles. The zero-order chi connectivity index (χ0) is 27.1. The Kier molecular flexibility index (Phi) is 6.76. The molecule has 0 aromatic carbocycles. The molecule has 0 unspecified atom stereocenters. The van der Waals surface area contributed by atoms with Crippen LogP contribution in [0.3, 0.4) is 0 Å². The van der Waals surface area contributed by atoms with Gasteiger partial charge in [-0.25, -0.2) is 9.36 Å². The molecule has 0 saturated carbocycles. The second-order valence-electron chi connectivity index (χ2n) is 7.99. The van der Waals surface area contributed by atoms with Crippen molar-refractivity contribution in [3.63, 3.8) is 0 Å². The molecule has 198 valence electrons. The van der Waals surface area contributed by atoms with E-state index in [9.17, 15) is 24.3 Å². The molecule has 2 aliphatic heterocycles. The number of anilines is 1. The Hall–Kier alpha value is -4.03. The minimum atomic E-state index is -1.30. The average molecular weight is 579 g/mol. The molecule has 6 N–H and O–H groups in total. The summed E-state index contributed by atoms with van der Waals surface area (Å²) in [6.45, 7) is 1.89. The summed E-state index contributed by atoms with van der Waals surface area (Å²) in [6.07, 6.45) is 3.40. The van der Waals surface area contributed by atoms with Crippen LogP contribution in [0.25, 0.3) is 4.83 Å². The van der Waals surface area contributed by atoms with E-state index in [-0.39, 0.29) is 47.1 Å². The predicted molar refractivity (Wildman–Crippen MR) is 136 cm³/mol. The number of nitrogens with zero attached hydrogens (tertiary/aromatic N) is 6. The number of primary amides is 1. The van der Waals surface area contributed by atoms with Gasteiger partial charge in [0.1, 0.15) is 42.7 Å². The van der Waals surface area contributed by atoms with Crippen molar-refractivity contribution in [1.82, 2.24) is 24.0 Å². The molecule has 0 radical (unpaired) electrons. The number of amides is 3. The minimum absolute atomic E-state index is 0.0386. The Morgan fingerprint density at radius 1 is 1.39 bits per heavy atom. The number of oxime groups is 1. The van der Waals surface area contributed by atoms with Crippen LogP contribution in [-0.4, -0.2) is 76.9 Å². The predicted octanol–water partition coefficient (Wildman–Crippen LogP) is -1.000. The highest BCUT2D eigenvalue weighted by Gasteiger charge is 2.54. The number of hydrogen-bond acceptors (Lipinski definition) is 12. The van der Waals surface area contributed by atoms with E-state index in [2.05, 4.69) is 19.8 Å². The van der Waals surface area contributed by atoms with Crippen molar-refractivity contribution in [2.24, 2.45) is 10.9 Å². The normalized spacial score (nSPS) is 19.3. The molecular formula is C20H20N9O6S3+. The number of β-lactam (4-membered cyclic amide) rings is 1. The van der Waals surface area contributed by atoms with Crippen LogP contribution in [0.1, 0.15) is 23.4 Å². The largest absolute Gasteiger partial charge is 0.477 e. The third-order valence-corrected chi connectivity index (χ3v) is 8.36. The summed E-state index contributed by atoms with van der Waals surface area (Å²) in [4.78, 5) is 61.3. The van der Waals surface area contributed by atoms with Gasteiger partial charge in [-0.1, -0.05) is 16.5 Å². The molecule has 5 rings (SSSR count). The molecule has 38 heavy (non-hydrogen) atoms. The topological polar surface area (TPSA) is 211 Å². The summed E-state index contributed by atoms with van der Waals surface area (Å²) in [5.41, 5.74) is 11.2. The second-order valence-corrected chi connectivity index (χ2v) is 10.8. The SMILES string of the molecule is CCO/N=C(\C(=O)N[C@@H]1C(=O)N2C(C(=O)O)=C(C[n+]3cc4sccn4c3C(N)=O)CS[C@H]12)c1nsc(N)n1. The first-order valence-corrected chi connectivity index (χ1v) is 13.7. The molecule has 5 heterocycles. The number of nitrogens with one attached hydrogen (secondary N) is 1. The lowest BCUT2D eigenvalue weighted by molar-refractivity contribution is -0.689. The molecular weight excluding hydrogens is 558 g/mol. The first-order valence-electron chi connectivity index (χ1n) is 11.0. The fourth-order valence-corrected chi connectivity index (χ4v) is 6.68. The van der Waals surface area contributed by atoms with E-state index in [0.717, 1.165) is 21.3 Å². The first kappa shape index (κ1) is 25.6. The zero-order valence-electron chi connectivity index (χ0n) is 19.6. The smallest absolute Gasteiger partial charge is 0.353 e. The highest BCUT2D eigenvalue weighted by Crippen LogP contribution is 2.40. The van der Waals surface area contributed by atoms with Crippen LogP contribution in [0.15, 0.2) is 34.2 Å². The van der Waals surface area contributed by atoms with E-state index >= 15 is 0 Å². The summed E-state index contributed by atoms with van der Waals surface area (Å²) >= 11 is 3.54. The van der Waals surface area contributed by atoms with Crippen molar-refractivity contribution in [2.45, 2.75) is 24.9 Å². The van der Waals surface area contributed by atoms with Gasteiger partial charge in [-0.05, 0) is 6.92 Å². The van der Waals surface area contributed by atoms with Crippen molar-refractivity contribution in [3.8, 4) is 0 Å². The third-order valence-electron chi connectivity index (χ3n) is 5.67. The van der Waals surface area contributed by atoms with Crippen LogP contribution in [0, 0.1) is 0 Å². The maximum Gasteiger partial charge on any atom is 0.353 e. The number of carboxylic acid groups (broad SMARTS) is 1. The number of carbonyl (C=O) groups excluding carboxylic acids is 3. The second kappa shape index (κ2) is 10.0. The van der Waals surface area contributed by atoms with Crippen molar-refractivity contribution in [3.05, 3.63) is 40.7 Å². The number of carbonyl (C=O) groups is 4. The molecule has 2 atom stereocenters. The van der Waals surface area contributed by atoms with Gasteiger partial charge in [-0.15, -0.1) is 11.8 Å². The van der Waals surface area contributed by atoms with Crippen LogP contribution in [-0.2, 0) is 25.8 Å². The van der Waals surface area contributed by atoms with Crippen molar-refractivity contribution in [1.29, 1.82) is 0 Å². The van der Waals surface area contributed by atoms with Crippen LogP contribution in [0.2, 0.25) is 0 Å². The molecule has 15 nitrogen and oxygen atoms in total. The molecule has 3 aromatic rings. The van der Waals surface area contributed by atoms with Gasteiger partial charge in [0.05, 0.1) is 0 Å². The van der Waals surface area contributed by atoms with E-state index in [1.54, 1.807) is 33.7 Å². The summed E-state index contributed by atoms with van der Waals surface area (Å²) in [5, 5.41) is 17.6. The number of aliphatic carboxylic acids is 1. The molecule has 0 aliphatic carbocycles. The van der Waals surface area contributed by atoms with E-state index in [0.29, 0.717) is 5.57 Å². The fraction of sp³-hybridized carbons (Fsp3) is 0.300. The van der Waals surface area contributed by atoms with Gasteiger partial charge in [0.2, 0.25) is 16.4 Å². The van der Waals surface area contributed by atoms with Crippen LogP contribution in [0.4, 0.5) is 5.13 Å². The number of carboxylic acids is 1. The quantitative estimate of drug-likeness (QED) is 0.105. The van der Waals surface area contributed by atoms with E-state index in [1.807, 2.05) is 0 Å². The van der Waals surface area contributed by atoms with Crippen molar-refractivity contribution >= 4 is 74.0 Å². The Bertz CT molecular complexity index is 1540. The minimum Gasteiger partial charge on any atom is -0.477 e. The number of nitrogens with two attached hydrogens (primary N) is 2. The number of hydrogen-bond donors (Lipinski definition) is 4. The van der Waals surface area contributed by atoms with E-state index < -0.39 is 35.1 Å². The maximum atomic E-state index is 13.1. The van der Waals surface area contributed by atoms with Gasteiger partial charge in [0.15, 0.2) is 5.13 Å². The Labute approximate surface area is 225 Å². The fourth-order valence-electron chi connectivity index (χ4n) is 4.14. The molecule has 1 saturated heterocycles. The van der Waals surface area contributed by atoms with Gasteiger partial charge >= 0.3 is 17.7 Å². The number of rotatable bonds is 9. The zero-order valence-corrected chi connectivity index (χ0v) is 22.0. The van der Waals surface area contributed by atoms with Gasteiger partial charge in [-0.3, -0.25) is 19.3 Å². The lowest BCUT2D eigenvalue weighted by Crippen LogP contribution is -2.71. The third kappa shape index (κ3) is 4.35. The summed E-state index contributed by atoms with van der Waals surface area (Å²) in [6, 6.07) is -1.01. The van der Waals surface area contributed by atoms with E-state index in [4.69, 9.17) is 16.3 Å². The van der Waals surface area contributed by atoms with Gasteiger partial charge < -0.3 is 26.7 Å². The summed E-state index contributed by atoms with van der Waals surface area (Å²) in [7, 11) is 0.